The van der Waals surface area contributed by atoms with Crippen molar-refractivity contribution in [3.05, 3.63) is 66.2 Å². The van der Waals surface area contributed by atoms with Crippen LogP contribution in [0.2, 0.25) is 0 Å². The smallest absolute Gasteiger partial charge is 0.323 e. The first kappa shape index (κ1) is 29.9. The molecule has 0 aromatic heterocycles. The zero-order valence-corrected chi connectivity index (χ0v) is 25.0. The molecule has 42 heavy (non-hydrogen) atoms. The molecular formula is C34H44N4O4. The highest BCUT2D eigenvalue weighted by molar-refractivity contribution is 6.07. The van der Waals surface area contributed by atoms with Gasteiger partial charge in [0.25, 0.3) is 5.91 Å². The largest absolute Gasteiger partial charge is 0.488 e. The van der Waals surface area contributed by atoms with Gasteiger partial charge in [0.15, 0.2) is 0 Å². The lowest BCUT2D eigenvalue weighted by molar-refractivity contribution is 0.0330. The molecule has 1 aliphatic heterocycles. The molecular weight excluding hydrogens is 528 g/mol. The second-order valence-corrected chi connectivity index (χ2v) is 12.2. The fourth-order valence-electron chi connectivity index (χ4n) is 6.33. The van der Waals surface area contributed by atoms with E-state index in [-0.39, 0.29) is 30.6 Å². The van der Waals surface area contributed by atoms with Crippen molar-refractivity contribution in [2.75, 3.05) is 43.9 Å². The number of fused-ring (bicyclic) bond motifs is 2. The highest BCUT2D eigenvalue weighted by Gasteiger charge is 2.34. The summed E-state index contributed by atoms with van der Waals surface area (Å²) in [5.41, 5.74) is 1.57. The maximum absolute atomic E-state index is 13.8. The highest BCUT2D eigenvalue weighted by atomic mass is 16.5. The molecule has 224 valence electrons. The highest BCUT2D eigenvalue weighted by Crippen LogP contribution is 2.32. The van der Waals surface area contributed by atoms with Gasteiger partial charge in [-0.05, 0) is 62.4 Å². The number of likely N-dealkylation sites (N-methyl/N-ethyl adjacent to an activating group) is 1. The van der Waals surface area contributed by atoms with E-state index in [0.717, 1.165) is 29.8 Å². The van der Waals surface area contributed by atoms with Gasteiger partial charge in [-0.3, -0.25) is 4.79 Å². The van der Waals surface area contributed by atoms with Gasteiger partial charge in [0.05, 0.1) is 23.9 Å². The van der Waals surface area contributed by atoms with Crippen LogP contribution in [0.4, 0.5) is 16.2 Å². The number of hydrogen-bond donors (Lipinski definition) is 3. The Bertz CT molecular complexity index is 1380. The molecule has 5 rings (SSSR count). The summed E-state index contributed by atoms with van der Waals surface area (Å²) in [4.78, 5) is 30.9. The fraction of sp³-hybridized carbons (Fsp3) is 0.471. The number of ether oxygens (including phenoxy) is 1. The molecule has 3 N–H and O–H groups in total. The minimum atomic E-state index is -0.401. The van der Waals surface area contributed by atoms with Crippen LogP contribution in [-0.4, -0.2) is 72.3 Å². The Balaban J connectivity index is 1.35. The number of benzene rings is 3. The maximum atomic E-state index is 13.8. The van der Waals surface area contributed by atoms with Crippen LogP contribution in [0.15, 0.2) is 60.7 Å². The van der Waals surface area contributed by atoms with Gasteiger partial charge in [0.2, 0.25) is 0 Å². The Morgan fingerprint density at radius 3 is 2.60 bits per heavy atom. The van der Waals surface area contributed by atoms with E-state index in [0.29, 0.717) is 29.2 Å². The number of aliphatic hydroxyl groups excluding tert-OH is 1. The van der Waals surface area contributed by atoms with Crippen molar-refractivity contribution >= 4 is 34.1 Å². The van der Waals surface area contributed by atoms with E-state index in [1.807, 2.05) is 49.4 Å². The Morgan fingerprint density at radius 1 is 1.05 bits per heavy atom. The van der Waals surface area contributed by atoms with E-state index in [9.17, 15) is 14.7 Å². The molecule has 1 heterocycles. The van der Waals surface area contributed by atoms with Crippen LogP contribution in [0.1, 0.15) is 56.3 Å². The average Bonchev–Trinajstić information content (AvgIpc) is 2.99. The van der Waals surface area contributed by atoms with Gasteiger partial charge < -0.3 is 30.3 Å². The Kier molecular flexibility index (Phi) is 9.65. The zero-order chi connectivity index (χ0) is 29.6. The Hall–Kier alpha value is -3.62. The minimum Gasteiger partial charge on any atom is -0.488 e. The van der Waals surface area contributed by atoms with Gasteiger partial charge in [-0.1, -0.05) is 62.6 Å². The molecule has 0 saturated heterocycles. The quantitative estimate of drug-likeness (QED) is 0.298. The van der Waals surface area contributed by atoms with Gasteiger partial charge in [-0.2, -0.15) is 0 Å². The third-order valence-corrected chi connectivity index (χ3v) is 8.75. The van der Waals surface area contributed by atoms with Crippen LogP contribution >= 0.6 is 0 Å². The third kappa shape index (κ3) is 7.05. The lowest BCUT2D eigenvalue weighted by Crippen LogP contribution is -2.50. The number of anilines is 2. The zero-order valence-electron chi connectivity index (χ0n) is 25.0. The van der Waals surface area contributed by atoms with Crippen molar-refractivity contribution in [2.24, 2.45) is 11.8 Å². The molecule has 0 unspecified atom stereocenters. The lowest BCUT2D eigenvalue weighted by atomic mass is 9.89. The maximum Gasteiger partial charge on any atom is 0.323 e. The van der Waals surface area contributed by atoms with Gasteiger partial charge >= 0.3 is 6.03 Å². The molecule has 2 aliphatic rings. The number of carbonyl (C=O) groups is 2. The number of nitrogens with zero attached hydrogens (tertiary/aromatic N) is 2. The molecule has 3 aromatic carbocycles. The van der Waals surface area contributed by atoms with Crippen molar-refractivity contribution in [3.8, 4) is 5.75 Å². The van der Waals surface area contributed by atoms with Gasteiger partial charge in [-0.15, -0.1) is 0 Å². The third-order valence-electron chi connectivity index (χ3n) is 8.75. The molecule has 0 bridgehead atoms. The summed E-state index contributed by atoms with van der Waals surface area (Å²) in [6.07, 6.45) is 6.41. The number of hydrogen-bond acceptors (Lipinski definition) is 5. The summed E-state index contributed by atoms with van der Waals surface area (Å²) < 4.78 is 6.56. The molecule has 0 radical (unpaired) electrons. The van der Waals surface area contributed by atoms with Crippen LogP contribution in [-0.2, 0) is 0 Å². The molecule has 1 fully saturated rings. The van der Waals surface area contributed by atoms with E-state index in [2.05, 4.69) is 29.5 Å². The van der Waals surface area contributed by atoms with Crippen molar-refractivity contribution < 1.29 is 19.4 Å². The van der Waals surface area contributed by atoms with Crippen molar-refractivity contribution in [1.29, 1.82) is 0 Å². The molecule has 3 aromatic rings. The minimum absolute atomic E-state index is 0.0641. The predicted octanol–water partition coefficient (Wildman–Crippen LogP) is 6.22. The first-order chi connectivity index (χ1) is 20.3. The standard InChI is InChI=1S/C34H44N4O4/c1-23-19-38(24(2)22-39)33(40)29-18-27(35-34(41)36-30-15-9-13-26-12-7-8-14-28(26)30)16-17-31(29)42-32(23)21-37(3)20-25-10-5-4-6-11-25/h7-9,12-18,23-25,32,39H,4-6,10-11,19-22H2,1-3H3,(H2,35,36,41)/t23-,24+,32+/m0/s1. The van der Waals surface area contributed by atoms with E-state index in [1.54, 1.807) is 23.1 Å². The molecule has 3 amide bonds. The number of nitrogens with one attached hydrogen (secondary N) is 2. The van der Waals surface area contributed by atoms with Crippen molar-refractivity contribution in [1.82, 2.24) is 9.80 Å². The number of carbonyl (C=O) groups excluding carboxylic acids is 2. The topological polar surface area (TPSA) is 94.1 Å². The van der Waals surface area contributed by atoms with E-state index < -0.39 is 6.03 Å². The Labute approximate surface area is 249 Å². The molecule has 1 saturated carbocycles. The lowest BCUT2D eigenvalue weighted by Gasteiger charge is -2.38. The summed E-state index contributed by atoms with van der Waals surface area (Å²) in [5, 5.41) is 17.8. The van der Waals surface area contributed by atoms with Gasteiger partial charge in [-0.25, -0.2) is 4.79 Å². The summed E-state index contributed by atoms with van der Waals surface area (Å²) in [6.45, 7) is 6.11. The summed E-state index contributed by atoms with van der Waals surface area (Å²) >= 11 is 0. The second-order valence-electron chi connectivity index (χ2n) is 12.2. The summed E-state index contributed by atoms with van der Waals surface area (Å²) in [7, 11) is 2.16. The fourth-order valence-corrected chi connectivity index (χ4v) is 6.33. The SMILES string of the molecule is C[C@H](CO)N1C[C@H](C)[C@@H](CN(C)CC2CCCCC2)Oc2ccc(NC(=O)Nc3cccc4ccccc34)cc2C1=O. The summed E-state index contributed by atoms with van der Waals surface area (Å²) in [5.74, 6) is 1.07. The number of amides is 3. The van der Waals surface area contributed by atoms with Crippen LogP contribution in [0.25, 0.3) is 10.8 Å². The molecule has 8 heteroatoms. The Morgan fingerprint density at radius 2 is 1.81 bits per heavy atom. The molecule has 8 nitrogen and oxygen atoms in total. The molecule has 1 aliphatic carbocycles. The number of aliphatic hydroxyl groups is 1. The van der Waals surface area contributed by atoms with Gasteiger partial charge in [0.1, 0.15) is 11.9 Å². The number of urea groups is 1. The molecule has 0 spiro atoms. The van der Waals surface area contributed by atoms with Crippen LogP contribution < -0.4 is 15.4 Å². The first-order valence-corrected chi connectivity index (χ1v) is 15.3. The van der Waals surface area contributed by atoms with Crippen molar-refractivity contribution in [2.45, 2.75) is 58.1 Å². The summed E-state index contributed by atoms with van der Waals surface area (Å²) in [6, 6.07) is 18.1. The van der Waals surface area contributed by atoms with Crippen LogP contribution in [0.5, 0.6) is 5.75 Å². The number of rotatable bonds is 8. The van der Waals surface area contributed by atoms with Crippen LogP contribution in [0.3, 0.4) is 0 Å². The van der Waals surface area contributed by atoms with E-state index >= 15 is 0 Å². The van der Waals surface area contributed by atoms with Crippen LogP contribution in [0, 0.1) is 11.8 Å². The van der Waals surface area contributed by atoms with E-state index in [1.165, 1.54) is 32.1 Å². The monoisotopic (exact) mass is 572 g/mol. The van der Waals surface area contributed by atoms with Gasteiger partial charge in [0, 0.05) is 36.6 Å². The van der Waals surface area contributed by atoms with E-state index in [4.69, 9.17) is 4.74 Å². The first-order valence-electron chi connectivity index (χ1n) is 15.3. The molecule has 3 atom stereocenters. The van der Waals surface area contributed by atoms with Crippen molar-refractivity contribution in [3.63, 3.8) is 0 Å². The predicted molar refractivity (Wildman–Crippen MR) is 168 cm³/mol. The normalized spacial score (nSPS) is 20.4. The second kappa shape index (κ2) is 13.6. The average molecular weight is 573 g/mol.